The van der Waals surface area contributed by atoms with Crippen LogP contribution in [0.15, 0.2) is 73.2 Å². The Bertz CT molecular complexity index is 1440. The zero-order valence-corrected chi connectivity index (χ0v) is 19.5. The minimum Gasteiger partial charge on any atom is -0.371 e. The smallest absolute Gasteiger partial charge is 0.155 e. The van der Waals surface area contributed by atoms with Crippen LogP contribution in [0.3, 0.4) is 0 Å². The number of imidazole rings is 1. The van der Waals surface area contributed by atoms with Gasteiger partial charge in [0.05, 0.1) is 34.7 Å². The minimum absolute atomic E-state index is 0.278. The molecule has 4 heterocycles. The van der Waals surface area contributed by atoms with Crippen molar-refractivity contribution in [2.45, 2.75) is 25.9 Å². The predicted molar refractivity (Wildman–Crippen MR) is 136 cm³/mol. The third-order valence-electron chi connectivity index (χ3n) is 5.51. The molecule has 0 fully saturated rings. The van der Waals surface area contributed by atoms with Crippen molar-refractivity contribution in [3.05, 3.63) is 90.3 Å². The molecule has 0 amide bonds. The summed E-state index contributed by atoms with van der Waals surface area (Å²) in [6.45, 7) is 2.39. The van der Waals surface area contributed by atoms with Gasteiger partial charge in [-0.05, 0) is 43.2 Å². The molecule has 0 aliphatic carbocycles. The Kier molecular flexibility index (Phi) is 6.11. The topological polar surface area (TPSA) is 110 Å². The number of hydrogen-bond acceptors (Lipinski definition) is 6. The van der Waals surface area contributed by atoms with Crippen molar-refractivity contribution in [3.8, 4) is 22.6 Å². The lowest BCUT2D eigenvalue weighted by atomic mass is 10.1. The maximum Gasteiger partial charge on any atom is 0.155 e. The van der Waals surface area contributed by atoms with Crippen LogP contribution in [0, 0.1) is 6.92 Å². The van der Waals surface area contributed by atoms with Gasteiger partial charge in [-0.25, -0.2) is 14.5 Å². The first-order valence-corrected chi connectivity index (χ1v) is 11.4. The predicted octanol–water partition coefficient (Wildman–Crippen LogP) is 3.48. The van der Waals surface area contributed by atoms with Gasteiger partial charge < -0.3 is 16.0 Å². The molecule has 5 aromatic rings. The monoisotopic (exact) mass is 468 g/mol. The highest BCUT2D eigenvalue weighted by Gasteiger charge is 2.17. The number of nitrogens with zero attached hydrogens (tertiary/aromatic N) is 5. The van der Waals surface area contributed by atoms with Crippen molar-refractivity contribution in [2.75, 3.05) is 0 Å². The SMILES string of the molecule is Cc1cccc(-c2[nH]c(CNC(=S)[C@@H](N)Cc3ccccc3)nc2-c2ccc3ncnn3c2)n1. The number of benzene rings is 1. The Morgan fingerprint density at radius 3 is 2.76 bits per heavy atom. The lowest BCUT2D eigenvalue weighted by Gasteiger charge is -2.14. The fraction of sp³-hybridized carbons (Fsp3) is 0.160. The highest BCUT2D eigenvalue weighted by atomic mass is 32.1. The summed E-state index contributed by atoms with van der Waals surface area (Å²) in [5.41, 5.74) is 12.5. The van der Waals surface area contributed by atoms with Crippen LogP contribution in [-0.2, 0) is 13.0 Å². The number of nitrogens with one attached hydrogen (secondary N) is 2. The third-order valence-corrected chi connectivity index (χ3v) is 5.96. The van der Waals surface area contributed by atoms with Gasteiger partial charge in [0.15, 0.2) is 5.65 Å². The van der Waals surface area contributed by atoms with Crippen LogP contribution in [0.25, 0.3) is 28.3 Å². The number of rotatable bonds is 7. The average molecular weight is 469 g/mol. The van der Waals surface area contributed by atoms with Crippen molar-refractivity contribution >= 4 is 22.9 Å². The molecule has 5 rings (SSSR count). The van der Waals surface area contributed by atoms with Crippen molar-refractivity contribution in [1.82, 2.24) is 34.9 Å². The summed E-state index contributed by atoms with van der Waals surface area (Å²) in [5, 5.41) is 7.51. The van der Waals surface area contributed by atoms with Crippen LogP contribution in [0.5, 0.6) is 0 Å². The number of aryl methyl sites for hydroxylation is 1. The second-order valence-corrected chi connectivity index (χ2v) is 8.51. The van der Waals surface area contributed by atoms with E-state index in [9.17, 15) is 0 Å². The van der Waals surface area contributed by atoms with E-state index < -0.39 is 0 Å². The normalized spacial score (nSPS) is 12.1. The van der Waals surface area contributed by atoms with Crippen molar-refractivity contribution in [1.29, 1.82) is 0 Å². The van der Waals surface area contributed by atoms with Crippen molar-refractivity contribution in [2.24, 2.45) is 5.73 Å². The third kappa shape index (κ3) is 4.70. The first kappa shape index (κ1) is 21.9. The fourth-order valence-electron chi connectivity index (χ4n) is 3.80. The number of aromatic nitrogens is 6. The van der Waals surface area contributed by atoms with Gasteiger partial charge in [-0.2, -0.15) is 5.10 Å². The van der Waals surface area contributed by atoms with E-state index in [-0.39, 0.29) is 6.04 Å². The van der Waals surface area contributed by atoms with Gasteiger partial charge >= 0.3 is 0 Å². The fourth-order valence-corrected chi connectivity index (χ4v) is 3.96. The molecule has 0 saturated carbocycles. The summed E-state index contributed by atoms with van der Waals surface area (Å²) in [6, 6.07) is 19.6. The zero-order chi connectivity index (χ0) is 23.5. The number of hydrogen-bond donors (Lipinski definition) is 3. The molecule has 0 unspecified atom stereocenters. The molecule has 0 aliphatic heterocycles. The van der Waals surface area contributed by atoms with E-state index in [4.69, 9.17) is 27.9 Å². The quantitative estimate of drug-likeness (QED) is 0.314. The van der Waals surface area contributed by atoms with Crippen LogP contribution in [0.2, 0.25) is 0 Å². The number of pyridine rings is 2. The van der Waals surface area contributed by atoms with Gasteiger partial charge in [-0.15, -0.1) is 0 Å². The molecule has 0 saturated heterocycles. The Hall–Kier alpha value is -3.95. The Morgan fingerprint density at radius 1 is 1.09 bits per heavy atom. The van der Waals surface area contributed by atoms with E-state index in [1.807, 2.05) is 73.8 Å². The van der Waals surface area contributed by atoms with Crippen molar-refractivity contribution in [3.63, 3.8) is 0 Å². The summed E-state index contributed by atoms with van der Waals surface area (Å²) in [6.07, 6.45) is 4.11. The van der Waals surface area contributed by atoms with E-state index in [1.165, 1.54) is 6.33 Å². The van der Waals surface area contributed by atoms with Gasteiger partial charge in [0.25, 0.3) is 0 Å². The molecule has 170 valence electrons. The molecule has 4 N–H and O–H groups in total. The second kappa shape index (κ2) is 9.50. The van der Waals surface area contributed by atoms with Crippen LogP contribution in [-0.4, -0.2) is 40.6 Å². The van der Waals surface area contributed by atoms with Crippen LogP contribution in [0.1, 0.15) is 17.1 Å². The van der Waals surface area contributed by atoms with Gasteiger partial charge in [0, 0.05) is 17.5 Å². The summed E-state index contributed by atoms with van der Waals surface area (Å²) >= 11 is 5.55. The van der Waals surface area contributed by atoms with Crippen LogP contribution in [0.4, 0.5) is 0 Å². The molecule has 4 aromatic heterocycles. The molecule has 0 radical (unpaired) electrons. The standard InChI is InChI=1S/C25H24N8S/c1-16-6-5-9-20(30-16)24-23(18-10-11-22-28-15-29-33(22)14-18)31-21(32-24)13-27-25(34)19(26)12-17-7-3-2-4-8-17/h2-11,14-15,19H,12-13,26H2,1H3,(H,27,34)(H,31,32)/t19-/m0/s1. The molecular formula is C25H24N8S. The van der Waals surface area contributed by atoms with E-state index in [2.05, 4.69) is 20.4 Å². The van der Waals surface area contributed by atoms with Crippen molar-refractivity contribution < 1.29 is 0 Å². The van der Waals surface area contributed by atoms with Gasteiger partial charge in [0.2, 0.25) is 0 Å². The Morgan fingerprint density at radius 2 is 1.94 bits per heavy atom. The van der Waals surface area contributed by atoms with Crippen LogP contribution < -0.4 is 11.1 Å². The zero-order valence-electron chi connectivity index (χ0n) is 18.6. The largest absolute Gasteiger partial charge is 0.371 e. The summed E-state index contributed by atoms with van der Waals surface area (Å²) < 4.78 is 1.73. The van der Waals surface area contributed by atoms with Gasteiger partial charge in [0.1, 0.15) is 12.2 Å². The molecule has 0 spiro atoms. The highest BCUT2D eigenvalue weighted by molar-refractivity contribution is 7.80. The Balaban J connectivity index is 1.40. The number of fused-ring (bicyclic) bond motifs is 1. The molecule has 1 aromatic carbocycles. The lowest BCUT2D eigenvalue weighted by Crippen LogP contribution is -2.40. The van der Waals surface area contributed by atoms with Crippen LogP contribution >= 0.6 is 12.2 Å². The Labute approximate surface area is 202 Å². The van der Waals surface area contributed by atoms with E-state index in [1.54, 1.807) is 4.52 Å². The molecule has 9 heteroatoms. The second-order valence-electron chi connectivity index (χ2n) is 8.07. The maximum atomic E-state index is 6.33. The lowest BCUT2D eigenvalue weighted by molar-refractivity contribution is 0.779. The molecule has 0 aliphatic rings. The molecule has 8 nitrogen and oxygen atoms in total. The first-order valence-electron chi connectivity index (χ1n) is 11.0. The molecule has 34 heavy (non-hydrogen) atoms. The van der Waals surface area contributed by atoms with E-state index >= 15 is 0 Å². The highest BCUT2D eigenvalue weighted by Crippen LogP contribution is 2.29. The number of aromatic amines is 1. The van der Waals surface area contributed by atoms with Gasteiger partial charge in [-0.1, -0.05) is 48.6 Å². The summed E-state index contributed by atoms with van der Waals surface area (Å²) in [7, 11) is 0. The average Bonchev–Trinajstić information content (AvgIpc) is 3.50. The van der Waals surface area contributed by atoms with E-state index in [0.29, 0.717) is 18.0 Å². The first-order chi connectivity index (χ1) is 16.6. The van der Waals surface area contributed by atoms with Gasteiger partial charge in [-0.3, -0.25) is 4.98 Å². The van der Waals surface area contributed by atoms with E-state index in [0.717, 1.165) is 45.4 Å². The maximum absolute atomic E-state index is 6.33. The molecule has 0 bridgehead atoms. The summed E-state index contributed by atoms with van der Waals surface area (Å²) in [5.74, 6) is 0.737. The number of thiocarbonyl (C=S) groups is 1. The molecule has 1 atom stereocenters. The molecular weight excluding hydrogens is 444 g/mol. The number of nitrogens with two attached hydrogens (primary N) is 1. The number of H-pyrrole nitrogens is 1. The summed E-state index contributed by atoms with van der Waals surface area (Å²) in [4.78, 5) is 17.8. The minimum atomic E-state index is -0.278.